The van der Waals surface area contributed by atoms with Gasteiger partial charge < -0.3 is 10.6 Å². The van der Waals surface area contributed by atoms with E-state index in [2.05, 4.69) is 24.5 Å². The molecule has 94 valence electrons. The maximum atomic E-state index is 11.3. The lowest BCUT2D eigenvalue weighted by Gasteiger charge is -2.33. The first-order valence-corrected chi connectivity index (χ1v) is 6.54. The third-order valence-corrected chi connectivity index (χ3v) is 3.57. The monoisotopic (exact) mass is 226 g/mol. The number of carbonyl (C=O) groups excluding carboxylic acids is 1. The lowest BCUT2D eigenvalue weighted by molar-refractivity contribution is -0.121. The van der Waals surface area contributed by atoms with E-state index in [9.17, 15) is 4.79 Å². The Labute approximate surface area is 99.4 Å². The van der Waals surface area contributed by atoms with Crippen LogP contribution in [0.1, 0.15) is 58.8 Å². The van der Waals surface area contributed by atoms with Crippen LogP contribution in [0.3, 0.4) is 0 Å². The SMILES string of the molecule is CNC(=O)CC(C)NC1(C)CCCCCC1. The van der Waals surface area contributed by atoms with Crippen molar-refractivity contribution in [2.75, 3.05) is 7.05 Å². The van der Waals surface area contributed by atoms with Gasteiger partial charge in [-0.1, -0.05) is 25.7 Å². The largest absolute Gasteiger partial charge is 0.359 e. The Kier molecular flexibility index (Phi) is 5.26. The molecule has 0 aromatic carbocycles. The number of nitrogens with one attached hydrogen (secondary N) is 2. The van der Waals surface area contributed by atoms with E-state index in [4.69, 9.17) is 0 Å². The van der Waals surface area contributed by atoms with E-state index in [1.807, 2.05) is 0 Å². The molecule has 3 nitrogen and oxygen atoms in total. The van der Waals surface area contributed by atoms with Crippen LogP contribution in [-0.4, -0.2) is 24.5 Å². The zero-order chi connectivity index (χ0) is 12.0. The van der Waals surface area contributed by atoms with Crippen LogP contribution in [0.15, 0.2) is 0 Å². The number of hydrogen-bond acceptors (Lipinski definition) is 2. The van der Waals surface area contributed by atoms with Gasteiger partial charge in [0.15, 0.2) is 0 Å². The van der Waals surface area contributed by atoms with E-state index >= 15 is 0 Å². The van der Waals surface area contributed by atoms with Crippen molar-refractivity contribution in [1.29, 1.82) is 0 Å². The Balaban J connectivity index is 2.40. The van der Waals surface area contributed by atoms with Crippen molar-refractivity contribution in [3.05, 3.63) is 0 Å². The zero-order valence-electron chi connectivity index (χ0n) is 10.9. The highest BCUT2D eigenvalue weighted by atomic mass is 16.1. The molecule has 1 fully saturated rings. The molecule has 3 heteroatoms. The third kappa shape index (κ3) is 4.52. The maximum absolute atomic E-state index is 11.3. The molecule has 1 unspecified atom stereocenters. The topological polar surface area (TPSA) is 41.1 Å². The first-order valence-electron chi connectivity index (χ1n) is 6.54. The summed E-state index contributed by atoms with van der Waals surface area (Å²) >= 11 is 0. The normalized spacial score (nSPS) is 22.2. The van der Waals surface area contributed by atoms with E-state index in [0.717, 1.165) is 0 Å². The standard InChI is InChI=1S/C13H26N2O/c1-11(10-12(16)14-3)15-13(2)8-6-4-5-7-9-13/h11,15H,4-10H2,1-3H3,(H,14,16). The summed E-state index contributed by atoms with van der Waals surface area (Å²) in [5.74, 6) is 0.122. The average molecular weight is 226 g/mol. The van der Waals surface area contributed by atoms with E-state index in [0.29, 0.717) is 6.42 Å². The quantitative estimate of drug-likeness (QED) is 0.722. The second-order valence-electron chi connectivity index (χ2n) is 5.40. The van der Waals surface area contributed by atoms with Crippen LogP contribution >= 0.6 is 0 Å². The van der Waals surface area contributed by atoms with Crippen molar-refractivity contribution < 1.29 is 4.79 Å². The summed E-state index contributed by atoms with van der Waals surface area (Å²) in [5.41, 5.74) is 0.240. The van der Waals surface area contributed by atoms with Crippen molar-refractivity contribution in [2.45, 2.75) is 70.4 Å². The van der Waals surface area contributed by atoms with Crippen LogP contribution in [0, 0.1) is 0 Å². The second-order valence-corrected chi connectivity index (χ2v) is 5.40. The molecule has 1 amide bonds. The fourth-order valence-corrected chi connectivity index (χ4v) is 2.68. The Morgan fingerprint density at radius 1 is 1.25 bits per heavy atom. The highest BCUT2D eigenvalue weighted by Gasteiger charge is 2.27. The summed E-state index contributed by atoms with van der Waals surface area (Å²) in [5, 5.41) is 6.32. The van der Waals surface area contributed by atoms with Gasteiger partial charge >= 0.3 is 0 Å². The van der Waals surface area contributed by atoms with Gasteiger partial charge in [0.05, 0.1) is 0 Å². The van der Waals surface area contributed by atoms with Crippen molar-refractivity contribution in [3.63, 3.8) is 0 Å². The minimum atomic E-state index is 0.122. The minimum Gasteiger partial charge on any atom is -0.359 e. The highest BCUT2D eigenvalue weighted by Crippen LogP contribution is 2.27. The molecule has 1 rings (SSSR count). The number of rotatable bonds is 4. The molecule has 0 aliphatic heterocycles. The molecule has 1 aliphatic rings. The molecule has 2 N–H and O–H groups in total. The van der Waals surface area contributed by atoms with Crippen LogP contribution in [0.25, 0.3) is 0 Å². The van der Waals surface area contributed by atoms with Gasteiger partial charge in [0.2, 0.25) is 5.91 Å². The van der Waals surface area contributed by atoms with Crippen LogP contribution in [0.4, 0.5) is 0 Å². The molecule has 0 radical (unpaired) electrons. The summed E-state index contributed by atoms with van der Waals surface area (Å²) < 4.78 is 0. The second kappa shape index (κ2) is 6.24. The molecule has 1 aliphatic carbocycles. The predicted molar refractivity (Wildman–Crippen MR) is 67.4 cm³/mol. The first kappa shape index (κ1) is 13.5. The van der Waals surface area contributed by atoms with E-state index < -0.39 is 0 Å². The molecule has 1 atom stereocenters. The highest BCUT2D eigenvalue weighted by molar-refractivity contribution is 5.76. The molecule has 0 heterocycles. The van der Waals surface area contributed by atoms with Gasteiger partial charge in [-0.25, -0.2) is 0 Å². The van der Waals surface area contributed by atoms with E-state index in [1.165, 1.54) is 38.5 Å². The van der Waals surface area contributed by atoms with Gasteiger partial charge in [-0.05, 0) is 26.7 Å². The number of amides is 1. The molecule has 0 aromatic heterocycles. The van der Waals surface area contributed by atoms with Crippen molar-refractivity contribution >= 4 is 5.91 Å². The first-order chi connectivity index (χ1) is 7.56. The minimum absolute atomic E-state index is 0.122. The van der Waals surface area contributed by atoms with E-state index in [-0.39, 0.29) is 17.5 Å². The van der Waals surface area contributed by atoms with Crippen molar-refractivity contribution in [2.24, 2.45) is 0 Å². The fraction of sp³-hybridized carbons (Fsp3) is 0.923. The molecule has 1 saturated carbocycles. The lowest BCUT2D eigenvalue weighted by atomic mass is 9.91. The smallest absolute Gasteiger partial charge is 0.221 e. The molecule has 0 bridgehead atoms. The van der Waals surface area contributed by atoms with Gasteiger partial charge in [0, 0.05) is 25.0 Å². The number of carbonyl (C=O) groups is 1. The summed E-state index contributed by atoms with van der Waals surface area (Å²) in [6, 6.07) is 0.267. The van der Waals surface area contributed by atoms with Gasteiger partial charge in [0.25, 0.3) is 0 Å². The maximum Gasteiger partial charge on any atom is 0.221 e. The van der Waals surface area contributed by atoms with Crippen LogP contribution in [-0.2, 0) is 4.79 Å². The Hall–Kier alpha value is -0.570. The fourth-order valence-electron chi connectivity index (χ4n) is 2.68. The molecular weight excluding hydrogens is 200 g/mol. The van der Waals surface area contributed by atoms with Crippen LogP contribution in [0.5, 0.6) is 0 Å². The summed E-state index contributed by atoms with van der Waals surface area (Å²) in [6.07, 6.45) is 8.41. The van der Waals surface area contributed by atoms with Crippen LogP contribution < -0.4 is 10.6 Å². The summed E-state index contributed by atoms with van der Waals surface area (Å²) in [7, 11) is 1.70. The molecule has 0 aromatic rings. The average Bonchev–Trinajstić information content (AvgIpc) is 2.42. The van der Waals surface area contributed by atoms with Crippen molar-refractivity contribution in [1.82, 2.24) is 10.6 Å². The molecule has 0 spiro atoms. The third-order valence-electron chi connectivity index (χ3n) is 3.57. The molecule has 16 heavy (non-hydrogen) atoms. The van der Waals surface area contributed by atoms with Gasteiger partial charge in [-0.15, -0.1) is 0 Å². The van der Waals surface area contributed by atoms with Gasteiger partial charge in [-0.2, -0.15) is 0 Å². The Bertz CT molecular complexity index is 220. The Morgan fingerprint density at radius 2 is 1.81 bits per heavy atom. The Morgan fingerprint density at radius 3 is 2.31 bits per heavy atom. The number of hydrogen-bond donors (Lipinski definition) is 2. The van der Waals surface area contributed by atoms with Gasteiger partial charge in [0.1, 0.15) is 0 Å². The molecule has 0 saturated heterocycles. The zero-order valence-corrected chi connectivity index (χ0v) is 10.9. The van der Waals surface area contributed by atoms with Crippen LogP contribution in [0.2, 0.25) is 0 Å². The summed E-state index contributed by atoms with van der Waals surface area (Å²) in [4.78, 5) is 11.3. The van der Waals surface area contributed by atoms with Gasteiger partial charge in [-0.3, -0.25) is 4.79 Å². The predicted octanol–water partition coefficient (Wildman–Crippen LogP) is 2.21. The summed E-state index contributed by atoms with van der Waals surface area (Å²) in [6.45, 7) is 4.41. The molecular formula is C13H26N2O. The van der Waals surface area contributed by atoms with Crippen molar-refractivity contribution in [3.8, 4) is 0 Å². The van der Waals surface area contributed by atoms with E-state index in [1.54, 1.807) is 7.05 Å². The lowest BCUT2D eigenvalue weighted by Crippen LogP contribution is -2.48.